The lowest BCUT2D eigenvalue weighted by atomic mass is 10.1. The Morgan fingerprint density at radius 2 is 2.11 bits per heavy atom. The summed E-state index contributed by atoms with van der Waals surface area (Å²) in [6.07, 6.45) is 2.30. The number of hydrogen-bond donors (Lipinski definition) is 1. The van der Waals surface area contributed by atoms with Crippen molar-refractivity contribution in [2.75, 3.05) is 6.54 Å². The zero-order valence-corrected chi connectivity index (χ0v) is 12.0. The highest BCUT2D eigenvalue weighted by atomic mass is 32.1. The number of carbonyl (C=O) groups excluding carboxylic acids is 1. The molecule has 0 spiro atoms. The molecule has 1 heterocycles. The first-order chi connectivity index (χ1) is 9.24. The van der Waals surface area contributed by atoms with Crippen molar-refractivity contribution in [2.45, 2.75) is 26.2 Å². The van der Waals surface area contributed by atoms with E-state index < -0.39 is 0 Å². The molecule has 1 N–H and O–H groups in total. The van der Waals surface area contributed by atoms with Crippen LogP contribution >= 0.6 is 11.3 Å². The Morgan fingerprint density at radius 3 is 2.84 bits per heavy atom. The van der Waals surface area contributed by atoms with Crippen LogP contribution in [0.5, 0.6) is 0 Å². The molecule has 0 bridgehead atoms. The number of amides is 1. The molecule has 0 radical (unpaired) electrons. The molecule has 19 heavy (non-hydrogen) atoms. The fourth-order valence-electron chi connectivity index (χ4n) is 1.99. The Bertz CT molecular complexity index is 519. The van der Waals surface area contributed by atoms with E-state index in [1.807, 2.05) is 12.1 Å². The van der Waals surface area contributed by atoms with Gasteiger partial charge in [0.05, 0.1) is 0 Å². The van der Waals surface area contributed by atoms with Gasteiger partial charge < -0.3 is 5.32 Å². The van der Waals surface area contributed by atoms with Gasteiger partial charge in [-0.3, -0.25) is 4.79 Å². The summed E-state index contributed by atoms with van der Waals surface area (Å²) >= 11 is 1.74. The minimum absolute atomic E-state index is 0.137. The van der Waals surface area contributed by atoms with Crippen molar-refractivity contribution in [3.63, 3.8) is 0 Å². The topological polar surface area (TPSA) is 29.1 Å². The lowest BCUT2D eigenvalue weighted by molar-refractivity contribution is -0.121. The zero-order valence-electron chi connectivity index (χ0n) is 11.2. The van der Waals surface area contributed by atoms with Gasteiger partial charge in [0.2, 0.25) is 5.91 Å². The maximum atomic E-state index is 11.7. The lowest BCUT2D eigenvalue weighted by Crippen LogP contribution is -2.25. The third-order valence-electron chi connectivity index (χ3n) is 3.00. The monoisotopic (exact) mass is 273 g/mol. The van der Waals surface area contributed by atoms with Crippen LogP contribution in [0.15, 0.2) is 41.8 Å². The Kier molecular flexibility index (Phi) is 5.16. The van der Waals surface area contributed by atoms with E-state index in [1.54, 1.807) is 11.3 Å². The Labute approximate surface area is 118 Å². The van der Waals surface area contributed by atoms with Crippen LogP contribution in [-0.4, -0.2) is 12.5 Å². The van der Waals surface area contributed by atoms with E-state index in [2.05, 4.69) is 41.9 Å². The van der Waals surface area contributed by atoms with Crippen molar-refractivity contribution in [1.82, 2.24) is 5.32 Å². The predicted molar refractivity (Wildman–Crippen MR) is 80.5 cm³/mol. The number of hydrogen-bond acceptors (Lipinski definition) is 2. The van der Waals surface area contributed by atoms with Gasteiger partial charge in [0, 0.05) is 17.8 Å². The smallest absolute Gasteiger partial charge is 0.220 e. The lowest BCUT2D eigenvalue weighted by Gasteiger charge is -2.05. The average Bonchev–Trinajstić information content (AvgIpc) is 2.90. The fraction of sp³-hybridized carbons (Fsp3) is 0.312. The van der Waals surface area contributed by atoms with Crippen LogP contribution in [0.1, 0.15) is 22.4 Å². The molecular formula is C16H19NOS. The minimum atomic E-state index is 0.137. The minimum Gasteiger partial charge on any atom is -0.356 e. The van der Waals surface area contributed by atoms with Gasteiger partial charge in [0.1, 0.15) is 0 Å². The van der Waals surface area contributed by atoms with Gasteiger partial charge in [0.15, 0.2) is 0 Å². The second kappa shape index (κ2) is 7.10. The molecule has 2 rings (SSSR count). The molecule has 3 heteroatoms. The van der Waals surface area contributed by atoms with E-state index in [9.17, 15) is 4.79 Å². The van der Waals surface area contributed by atoms with E-state index in [-0.39, 0.29) is 5.91 Å². The van der Waals surface area contributed by atoms with Gasteiger partial charge in [0.25, 0.3) is 0 Å². The largest absolute Gasteiger partial charge is 0.356 e. The van der Waals surface area contributed by atoms with E-state index in [0.29, 0.717) is 6.42 Å². The summed E-state index contributed by atoms with van der Waals surface area (Å²) in [5.41, 5.74) is 2.48. The normalized spacial score (nSPS) is 10.4. The third-order valence-corrected chi connectivity index (χ3v) is 3.93. The van der Waals surface area contributed by atoms with Crippen molar-refractivity contribution >= 4 is 17.2 Å². The molecule has 0 unspecified atom stereocenters. The fourth-order valence-corrected chi connectivity index (χ4v) is 2.70. The average molecular weight is 273 g/mol. The summed E-state index contributed by atoms with van der Waals surface area (Å²) in [4.78, 5) is 13.0. The van der Waals surface area contributed by atoms with Gasteiger partial charge in [-0.15, -0.1) is 11.3 Å². The summed E-state index contributed by atoms with van der Waals surface area (Å²) in [7, 11) is 0. The molecule has 1 aromatic heterocycles. The first-order valence-electron chi connectivity index (χ1n) is 6.58. The Balaban J connectivity index is 1.67. The van der Waals surface area contributed by atoms with E-state index >= 15 is 0 Å². The summed E-state index contributed by atoms with van der Waals surface area (Å²) in [6.45, 7) is 2.80. The van der Waals surface area contributed by atoms with Gasteiger partial charge in [-0.25, -0.2) is 0 Å². The second-order valence-corrected chi connectivity index (χ2v) is 5.70. The van der Waals surface area contributed by atoms with E-state index in [0.717, 1.165) is 19.4 Å². The predicted octanol–water partition coefficient (Wildman–Crippen LogP) is 3.35. The number of carbonyl (C=O) groups is 1. The molecule has 0 atom stereocenters. The molecule has 0 saturated heterocycles. The number of benzene rings is 1. The van der Waals surface area contributed by atoms with Crippen molar-refractivity contribution < 1.29 is 4.79 Å². The highest BCUT2D eigenvalue weighted by Crippen LogP contribution is 2.08. The molecule has 2 aromatic rings. The van der Waals surface area contributed by atoms with E-state index in [4.69, 9.17) is 0 Å². The van der Waals surface area contributed by atoms with Crippen LogP contribution in [-0.2, 0) is 17.6 Å². The van der Waals surface area contributed by atoms with Crippen molar-refractivity contribution in [2.24, 2.45) is 0 Å². The van der Waals surface area contributed by atoms with Crippen LogP contribution < -0.4 is 5.32 Å². The zero-order chi connectivity index (χ0) is 13.5. The molecule has 1 amide bonds. The molecule has 0 aliphatic carbocycles. The highest BCUT2D eigenvalue weighted by molar-refractivity contribution is 7.09. The molecule has 0 aliphatic heterocycles. The van der Waals surface area contributed by atoms with Crippen LogP contribution in [0.2, 0.25) is 0 Å². The van der Waals surface area contributed by atoms with Gasteiger partial charge in [-0.1, -0.05) is 35.9 Å². The summed E-state index contributed by atoms with van der Waals surface area (Å²) in [5, 5.41) is 5.04. The second-order valence-electron chi connectivity index (χ2n) is 4.67. The third kappa shape index (κ3) is 4.87. The van der Waals surface area contributed by atoms with Crippen LogP contribution in [0.3, 0.4) is 0 Å². The molecule has 2 nitrogen and oxygen atoms in total. The SMILES string of the molecule is Cc1cccc(CCC(=O)NCCc2cccs2)c1. The van der Waals surface area contributed by atoms with Gasteiger partial charge >= 0.3 is 0 Å². The molecule has 100 valence electrons. The maximum Gasteiger partial charge on any atom is 0.220 e. The van der Waals surface area contributed by atoms with Gasteiger partial charge in [-0.2, -0.15) is 0 Å². The number of nitrogens with one attached hydrogen (secondary N) is 1. The molecule has 1 aromatic carbocycles. The summed E-state index contributed by atoms with van der Waals surface area (Å²) in [6, 6.07) is 12.5. The summed E-state index contributed by atoms with van der Waals surface area (Å²) < 4.78 is 0. The standard InChI is InChI=1S/C16H19NOS/c1-13-4-2-5-14(12-13)7-8-16(18)17-10-9-15-6-3-11-19-15/h2-6,11-12H,7-10H2,1H3,(H,17,18). The van der Waals surface area contributed by atoms with Crippen molar-refractivity contribution in [1.29, 1.82) is 0 Å². The Morgan fingerprint density at radius 1 is 1.21 bits per heavy atom. The number of thiophene rings is 1. The molecular weight excluding hydrogens is 254 g/mol. The Hall–Kier alpha value is -1.61. The van der Waals surface area contributed by atoms with Crippen LogP contribution in [0, 0.1) is 6.92 Å². The molecule has 0 saturated carbocycles. The molecule has 0 aliphatic rings. The quantitative estimate of drug-likeness (QED) is 0.859. The van der Waals surface area contributed by atoms with Crippen LogP contribution in [0.4, 0.5) is 0 Å². The highest BCUT2D eigenvalue weighted by Gasteiger charge is 2.02. The van der Waals surface area contributed by atoms with Crippen molar-refractivity contribution in [3.8, 4) is 0 Å². The first-order valence-corrected chi connectivity index (χ1v) is 7.46. The van der Waals surface area contributed by atoms with E-state index in [1.165, 1.54) is 16.0 Å². The van der Waals surface area contributed by atoms with Crippen LogP contribution in [0.25, 0.3) is 0 Å². The maximum absolute atomic E-state index is 11.7. The molecule has 0 fully saturated rings. The number of aryl methyl sites for hydroxylation is 2. The number of rotatable bonds is 6. The van der Waals surface area contributed by atoms with Crippen molar-refractivity contribution in [3.05, 3.63) is 57.8 Å². The first kappa shape index (κ1) is 13.8. The van der Waals surface area contributed by atoms with Gasteiger partial charge in [-0.05, 0) is 36.8 Å². The summed E-state index contributed by atoms with van der Waals surface area (Å²) in [5.74, 6) is 0.137.